The number of carbonyl (C=O) groups is 3. The topological polar surface area (TPSA) is 166 Å². The summed E-state index contributed by atoms with van der Waals surface area (Å²) in [5.41, 5.74) is 5.45. The molecule has 2 atom stereocenters. The molecule has 3 rings (SSSR count). The number of thiazole rings is 1. The van der Waals surface area contributed by atoms with Crippen molar-refractivity contribution in [2.24, 2.45) is 5.16 Å². The number of anilines is 1. The number of benzene rings is 1. The summed E-state index contributed by atoms with van der Waals surface area (Å²) >= 11 is 1.07. The van der Waals surface area contributed by atoms with Crippen molar-refractivity contribution in [1.29, 1.82) is 0 Å². The number of hydroxylamine groups is 2. The minimum atomic E-state index is -1.87. The highest BCUT2D eigenvalue weighted by molar-refractivity contribution is 7.13. The van der Waals surface area contributed by atoms with E-state index in [1.807, 2.05) is 0 Å². The molecule has 4 N–H and O–H groups in total. The monoisotopic (exact) mass is 453 g/mol. The molecule has 1 aromatic heterocycles. The van der Waals surface area contributed by atoms with Crippen molar-refractivity contribution in [1.82, 2.24) is 15.4 Å². The Labute approximate surface area is 178 Å². The molecule has 0 aliphatic carbocycles. The number of carbonyl (C=O) groups excluding carboxylic acids is 2. The number of oxime groups is 1. The second kappa shape index (κ2) is 9.36. The van der Waals surface area contributed by atoms with Crippen LogP contribution < -0.4 is 15.8 Å². The molecule has 1 fully saturated rings. The molecule has 164 valence electrons. The molecule has 14 heteroatoms. The predicted octanol–water partition coefficient (Wildman–Crippen LogP) is -0.0368. The second-order valence-electron chi connectivity index (χ2n) is 5.94. The lowest BCUT2D eigenvalue weighted by atomic mass is 10.2. The van der Waals surface area contributed by atoms with Crippen LogP contribution in [0.3, 0.4) is 0 Å². The summed E-state index contributed by atoms with van der Waals surface area (Å²) in [5, 5.41) is 17.6. The number of aromatic nitrogens is 1. The summed E-state index contributed by atoms with van der Waals surface area (Å²) in [4.78, 5) is 50.5. The molecule has 0 radical (unpaired) electrons. The van der Waals surface area contributed by atoms with Gasteiger partial charge >= 0.3 is 5.97 Å². The summed E-state index contributed by atoms with van der Waals surface area (Å²) in [6, 6.07) is 3.28. The Kier molecular flexibility index (Phi) is 6.61. The van der Waals surface area contributed by atoms with Gasteiger partial charge in [-0.2, -0.15) is 5.06 Å². The first kappa shape index (κ1) is 21.9. The summed E-state index contributed by atoms with van der Waals surface area (Å²) in [6.07, 6.45) is -1.87. The van der Waals surface area contributed by atoms with Gasteiger partial charge in [-0.3, -0.25) is 14.4 Å². The van der Waals surface area contributed by atoms with Gasteiger partial charge in [0.1, 0.15) is 37.0 Å². The first-order chi connectivity index (χ1) is 14.8. The number of nitrogens with two attached hydrogens (primary N) is 1. The normalized spacial score (nSPS) is 17.4. The fourth-order valence-electron chi connectivity index (χ4n) is 2.49. The molecule has 2 amide bonds. The number of nitrogen functional groups attached to an aromatic ring is 1. The van der Waals surface area contributed by atoms with Crippen molar-refractivity contribution >= 4 is 40.0 Å². The maximum Gasteiger partial charge on any atom is 0.369 e. The molecular weight excluding hydrogens is 437 g/mol. The van der Waals surface area contributed by atoms with E-state index in [0.29, 0.717) is 5.06 Å². The highest BCUT2D eigenvalue weighted by Gasteiger charge is 2.43. The Morgan fingerprint density at radius 2 is 2.16 bits per heavy atom. The van der Waals surface area contributed by atoms with E-state index in [4.69, 9.17) is 15.3 Å². The number of aliphatic carboxylic acids is 1. The van der Waals surface area contributed by atoms with Gasteiger partial charge in [-0.1, -0.05) is 5.16 Å². The summed E-state index contributed by atoms with van der Waals surface area (Å²) < 4.78 is 18.3. The van der Waals surface area contributed by atoms with E-state index in [1.165, 1.54) is 24.6 Å². The maximum absolute atomic E-state index is 13.0. The number of carboxylic acid groups (broad SMARTS) is 1. The zero-order valence-corrected chi connectivity index (χ0v) is 16.7. The van der Waals surface area contributed by atoms with E-state index in [0.717, 1.165) is 23.5 Å². The first-order valence-electron chi connectivity index (χ1n) is 8.54. The number of rotatable bonds is 8. The lowest BCUT2D eigenvalue weighted by molar-refractivity contribution is -0.211. The lowest BCUT2D eigenvalue weighted by Gasteiger charge is -2.23. The Balaban J connectivity index is 1.71. The summed E-state index contributed by atoms with van der Waals surface area (Å²) in [5.74, 6) is -3.79. The second-order valence-corrected chi connectivity index (χ2v) is 6.83. The predicted molar refractivity (Wildman–Crippen MR) is 103 cm³/mol. The van der Waals surface area contributed by atoms with Crippen molar-refractivity contribution in [2.45, 2.75) is 12.3 Å². The van der Waals surface area contributed by atoms with E-state index in [9.17, 15) is 23.9 Å². The largest absolute Gasteiger partial charge is 0.477 e. The molecule has 1 aromatic carbocycles. The fourth-order valence-corrected chi connectivity index (χ4v) is 3.04. The maximum atomic E-state index is 13.0. The molecule has 0 saturated carbocycles. The van der Waals surface area contributed by atoms with Gasteiger partial charge in [0.05, 0.1) is 0 Å². The van der Waals surface area contributed by atoms with E-state index < -0.39 is 35.9 Å². The Bertz CT molecular complexity index is 1010. The molecule has 2 aromatic rings. The highest BCUT2D eigenvalue weighted by atomic mass is 32.1. The van der Waals surface area contributed by atoms with Gasteiger partial charge in [0.15, 0.2) is 10.8 Å². The van der Waals surface area contributed by atoms with Crippen molar-refractivity contribution < 1.29 is 38.3 Å². The lowest BCUT2D eigenvalue weighted by Crippen LogP contribution is -2.50. The van der Waals surface area contributed by atoms with E-state index >= 15 is 0 Å². The van der Waals surface area contributed by atoms with Crippen LogP contribution in [0.25, 0.3) is 0 Å². The molecule has 0 spiro atoms. The Morgan fingerprint density at radius 3 is 2.74 bits per heavy atom. The van der Waals surface area contributed by atoms with Crippen molar-refractivity contribution in [3.63, 3.8) is 0 Å². The molecule has 0 bridgehead atoms. The van der Waals surface area contributed by atoms with Crippen molar-refractivity contribution in [2.75, 3.05) is 19.5 Å². The number of amides is 2. The minimum Gasteiger partial charge on any atom is -0.477 e. The van der Waals surface area contributed by atoms with Crippen LogP contribution in [0.5, 0.6) is 5.75 Å². The standard InChI is InChI=1S/C17H16FN5O7S/c1-28-22-12(11-7-31-17(19)21-11)13(24)20-10-6-29-23(14(10)25)15(16(26)27)30-9-4-2-8(18)3-5-9/h2-5,7,10,15H,6H2,1H3,(H2,19,21)(H,20,24)(H,26,27)/b22-12-/t10-,15?/m0/s1. The number of nitrogens with one attached hydrogen (secondary N) is 1. The Hall–Kier alpha value is -3.78. The SMILES string of the molecule is CO/N=C(\C(=O)N[C@H]1CON(C(Oc2ccc(F)cc2)C(=O)O)C1=O)c1csc(N)n1. The van der Waals surface area contributed by atoms with E-state index in [-0.39, 0.29) is 28.9 Å². The molecule has 1 aliphatic heterocycles. The van der Waals surface area contributed by atoms with Gasteiger partial charge < -0.3 is 25.7 Å². The van der Waals surface area contributed by atoms with Crippen LogP contribution >= 0.6 is 11.3 Å². The molecule has 31 heavy (non-hydrogen) atoms. The van der Waals surface area contributed by atoms with Crippen molar-refractivity contribution in [3.8, 4) is 5.75 Å². The highest BCUT2D eigenvalue weighted by Crippen LogP contribution is 2.19. The average Bonchev–Trinajstić information content (AvgIpc) is 3.31. The van der Waals surface area contributed by atoms with Gasteiger partial charge in [0, 0.05) is 5.38 Å². The van der Waals surface area contributed by atoms with E-state index in [2.05, 4.69) is 20.3 Å². The number of hydrogen-bond acceptors (Lipinski definition) is 10. The number of ether oxygens (including phenoxy) is 1. The van der Waals surface area contributed by atoms with Crippen LogP contribution in [0.1, 0.15) is 5.69 Å². The number of nitrogens with zero attached hydrogens (tertiary/aromatic N) is 3. The molecule has 12 nitrogen and oxygen atoms in total. The zero-order valence-electron chi connectivity index (χ0n) is 15.9. The molecular formula is C17H16FN5O7S. The zero-order chi connectivity index (χ0) is 22.5. The third-order valence-corrected chi connectivity index (χ3v) is 4.52. The number of carboxylic acids is 1. The average molecular weight is 453 g/mol. The van der Waals surface area contributed by atoms with Gasteiger partial charge in [-0.15, -0.1) is 11.3 Å². The van der Waals surface area contributed by atoms with Crippen LogP contribution in [0.15, 0.2) is 34.8 Å². The van der Waals surface area contributed by atoms with Crippen LogP contribution in [-0.2, 0) is 24.1 Å². The summed E-state index contributed by atoms with van der Waals surface area (Å²) in [6.45, 7) is -0.361. The molecule has 2 heterocycles. The first-order valence-corrected chi connectivity index (χ1v) is 9.42. The molecule has 1 aliphatic rings. The third kappa shape index (κ3) is 5.04. The van der Waals surface area contributed by atoms with Gasteiger partial charge in [0.25, 0.3) is 18.0 Å². The van der Waals surface area contributed by atoms with Gasteiger partial charge in [-0.25, -0.2) is 14.2 Å². The van der Waals surface area contributed by atoms with Gasteiger partial charge in [0.2, 0.25) is 0 Å². The van der Waals surface area contributed by atoms with Crippen molar-refractivity contribution in [3.05, 3.63) is 41.2 Å². The minimum absolute atomic E-state index is 0.00618. The van der Waals surface area contributed by atoms with Crippen LogP contribution in [0.2, 0.25) is 0 Å². The van der Waals surface area contributed by atoms with Crippen LogP contribution in [0, 0.1) is 5.82 Å². The molecule has 1 saturated heterocycles. The van der Waals surface area contributed by atoms with Crippen LogP contribution in [-0.4, -0.2) is 64.6 Å². The third-order valence-electron chi connectivity index (χ3n) is 3.85. The summed E-state index contributed by atoms with van der Waals surface area (Å²) in [7, 11) is 1.22. The smallest absolute Gasteiger partial charge is 0.369 e. The molecule has 1 unspecified atom stereocenters. The number of halogens is 1. The quantitative estimate of drug-likeness (QED) is 0.367. The number of hydrogen-bond donors (Lipinski definition) is 3. The van der Waals surface area contributed by atoms with Crippen LogP contribution in [0.4, 0.5) is 9.52 Å². The Morgan fingerprint density at radius 1 is 1.45 bits per heavy atom. The van der Waals surface area contributed by atoms with E-state index in [1.54, 1.807) is 0 Å². The van der Waals surface area contributed by atoms with Gasteiger partial charge in [-0.05, 0) is 24.3 Å². The fraction of sp³-hybridized carbons (Fsp3) is 0.235.